The zero-order valence-electron chi connectivity index (χ0n) is 13.9. The van der Waals surface area contributed by atoms with Crippen molar-refractivity contribution in [3.63, 3.8) is 0 Å². The van der Waals surface area contributed by atoms with Crippen LogP contribution in [-0.2, 0) is 21.4 Å². The van der Waals surface area contributed by atoms with Crippen LogP contribution in [0.3, 0.4) is 0 Å². The zero-order valence-corrected chi connectivity index (χ0v) is 14.7. The number of benzene rings is 1. The molecule has 1 aromatic carbocycles. The SMILES string of the molecule is CC(C)(C)c1oncc1C(=O)c1ccc(S(C)(=O)=O)cc1C(F)(F)F. The molecule has 0 aliphatic rings. The maximum atomic E-state index is 13.4. The quantitative estimate of drug-likeness (QED) is 0.766. The maximum Gasteiger partial charge on any atom is 0.417 e. The lowest BCUT2D eigenvalue weighted by atomic mass is 9.87. The fourth-order valence-corrected chi connectivity index (χ4v) is 2.92. The molecule has 0 amide bonds. The Labute approximate surface area is 142 Å². The Bertz CT molecular complexity index is 922. The van der Waals surface area contributed by atoms with Crippen LogP contribution in [0, 0.1) is 0 Å². The normalized spacial score (nSPS) is 13.1. The van der Waals surface area contributed by atoms with Gasteiger partial charge in [-0.2, -0.15) is 13.2 Å². The van der Waals surface area contributed by atoms with Crippen LogP contribution in [0.15, 0.2) is 33.8 Å². The van der Waals surface area contributed by atoms with E-state index >= 15 is 0 Å². The second-order valence-corrected chi connectivity index (χ2v) is 8.64. The zero-order chi connectivity index (χ0) is 19.2. The summed E-state index contributed by atoms with van der Waals surface area (Å²) in [7, 11) is -3.86. The van der Waals surface area contributed by atoms with Gasteiger partial charge < -0.3 is 4.52 Å². The van der Waals surface area contributed by atoms with E-state index in [4.69, 9.17) is 4.52 Å². The number of rotatable bonds is 3. The molecular weight excluding hydrogens is 359 g/mol. The number of sulfone groups is 1. The van der Waals surface area contributed by atoms with E-state index in [9.17, 15) is 26.4 Å². The first-order chi connectivity index (χ1) is 11.2. The molecule has 2 rings (SSSR count). The summed E-state index contributed by atoms with van der Waals surface area (Å²) in [5.74, 6) is -0.781. The van der Waals surface area contributed by atoms with Gasteiger partial charge in [0.25, 0.3) is 0 Å². The Kier molecular flexibility index (Phi) is 4.58. The minimum atomic E-state index is -4.90. The van der Waals surface area contributed by atoms with Gasteiger partial charge in [-0.3, -0.25) is 4.79 Å². The molecule has 0 bridgehead atoms. The van der Waals surface area contributed by atoms with E-state index in [0.717, 1.165) is 24.6 Å². The van der Waals surface area contributed by atoms with Crippen LogP contribution < -0.4 is 0 Å². The van der Waals surface area contributed by atoms with Gasteiger partial charge in [0, 0.05) is 17.2 Å². The number of hydrogen-bond acceptors (Lipinski definition) is 5. The third kappa shape index (κ3) is 3.92. The first-order valence-electron chi connectivity index (χ1n) is 7.14. The number of hydrogen-bond donors (Lipinski definition) is 0. The molecular formula is C16H16F3NO4S. The third-order valence-electron chi connectivity index (χ3n) is 3.47. The average molecular weight is 375 g/mol. The highest BCUT2D eigenvalue weighted by Crippen LogP contribution is 2.36. The van der Waals surface area contributed by atoms with Crippen molar-refractivity contribution >= 4 is 15.6 Å². The van der Waals surface area contributed by atoms with E-state index < -0.39 is 43.2 Å². The molecule has 0 N–H and O–H groups in total. The smallest absolute Gasteiger partial charge is 0.360 e. The summed E-state index contributed by atoms with van der Waals surface area (Å²) in [6.45, 7) is 5.17. The monoisotopic (exact) mass is 375 g/mol. The molecule has 0 aliphatic carbocycles. The summed E-state index contributed by atoms with van der Waals surface area (Å²) in [5, 5.41) is 3.51. The lowest BCUT2D eigenvalue weighted by Crippen LogP contribution is -2.19. The number of nitrogens with zero attached hydrogens (tertiary/aromatic N) is 1. The van der Waals surface area contributed by atoms with Gasteiger partial charge in [0.15, 0.2) is 21.4 Å². The van der Waals surface area contributed by atoms with Crippen molar-refractivity contribution < 1.29 is 30.9 Å². The summed E-state index contributed by atoms with van der Waals surface area (Å²) in [4.78, 5) is 12.1. The standard InChI is InChI=1S/C16H16F3NO4S/c1-15(2,3)14-11(8-20-24-14)13(21)10-6-5-9(25(4,22)23)7-12(10)16(17,18)19/h5-8H,1-4H3. The van der Waals surface area contributed by atoms with E-state index in [1.807, 2.05) is 0 Å². The second-order valence-electron chi connectivity index (χ2n) is 6.63. The van der Waals surface area contributed by atoms with Crippen molar-refractivity contribution in [2.75, 3.05) is 6.26 Å². The highest BCUT2D eigenvalue weighted by atomic mass is 32.2. The van der Waals surface area contributed by atoms with Crippen LogP contribution in [0.1, 0.15) is 48.0 Å². The van der Waals surface area contributed by atoms with Crippen molar-refractivity contribution in [1.82, 2.24) is 5.16 Å². The van der Waals surface area contributed by atoms with Gasteiger partial charge in [0.2, 0.25) is 0 Å². The van der Waals surface area contributed by atoms with Crippen molar-refractivity contribution in [2.45, 2.75) is 37.3 Å². The lowest BCUT2D eigenvalue weighted by molar-refractivity contribution is -0.138. The van der Waals surface area contributed by atoms with Gasteiger partial charge in [-0.15, -0.1) is 0 Å². The molecule has 1 aromatic heterocycles. The Hall–Kier alpha value is -2.16. The second kappa shape index (κ2) is 5.98. The highest BCUT2D eigenvalue weighted by molar-refractivity contribution is 7.90. The van der Waals surface area contributed by atoms with Crippen LogP contribution in [-0.4, -0.2) is 25.6 Å². The number of aromatic nitrogens is 1. The average Bonchev–Trinajstić information content (AvgIpc) is 2.93. The Morgan fingerprint density at radius 1 is 1.12 bits per heavy atom. The van der Waals surface area contributed by atoms with E-state index in [0.29, 0.717) is 6.07 Å². The van der Waals surface area contributed by atoms with Gasteiger partial charge in [-0.25, -0.2) is 8.42 Å². The van der Waals surface area contributed by atoms with Crippen LogP contribution in [0.5, 0.6) is 0 Å². The molecule has 25 heavy (non-hydrogen) atoms. The van der Waals surface area contributed by atoms with Gasteiger partial charge in [0.1, 0.15) is 0 Å². The van der Waals surface area contributed by atoms with Crippen LogP contribution >= 0.6 is 0 Å². The fraction of sp³-hybridized carbons (Fsp3) is 0.375. The highest BCUT2D eigenvalue weighted by Gasteiger charge is 2.38. The Morgan fingerprint density at radius 2 is 1.72 bits per heavy atom. The van der Waals surface area contributed by atoms with Gasteiger partial charge in [-0.1, -0.05) is 25.9 Å². The molecule has 0 aliphatic heterocycles. The summed E-state index contributed by atoms with van der Waals surface area (Å²) in [6.07, 6.45) is -3.04. The number of halogens is 3. The molecule has 5 nitrogen and oxygen atoms in total. The van der Waals surface area contributed by atoms with E-state index in [2.05, 4.69) is 5.16 Å². The minimum Gasteiger partial charge on any atom is -0.360 e. The minimum absolute atomic E-state index is 0.0925. The summed E-state index contributed by atoms with van der Waals surface area (Å²) in [6, 6.07) is 2.30. The molecule has 9 heteroatoms. The molecule has 0 saturated heterocycles. The Morgan fingerprint density at radius 3 is 2.20 bits per heavy atom. The fourth-order valence-electron chi connectivity index (χ4n) is 2.27. The molecule has 2 aromatic rings. The molecule has 0 unspecified atom stereocenters. The van der Waals surface area contributed by atoms with Crippen LogP contribution in [0.25, 0.3) is 0 Å². The third-order valence-corrected chi connectivity index (χ3v) is 4.58. The van der Waals surface area contributed by atoms with Crippen molar-refractivity contribution in [2.24, 2.45) is 0 Å². The number of carbonyl (C=O) groups is 1. The predicted molar refractivity (Wildman–Crippen MR) is 83.2 cm³/mol. The van der Waals surface area contributed by atoms with Crippen molar-refractivity contribution in [3.8, 4) is 0 Å². The van der Waals surface area contributed by atoms with E-state index in [1.54, 1.807) is 20.8 Å². The maximum absolute atomic E-state index is 13.4. The van der Waals surface area contributed by atoms with Gasteiger partial charge in [-0.05, 0) is 18.2 Å². The molecule has 1 heterocycles. The van der Waals surface area contributed by atoms with E-state index in [-0.39, 0.29) is 11.3 Å². The number of ketones is 1. The van der Waals surface area contributed by atoms with Gasteiger partial charge in [0.05, 0.1) is 22.2 Å². The molecule has 136 valence electrons. The van der Waals surface area contributed by atoms with Crippen LogP contribution in [0.2, 0.25) is 0 Å². The van der Waals surface area contributed by atoms with Crippen LogP contribution in [0.4, 0.5) is 13.2 Å². The van der Waals surface area contributed by atoms with Crippen molar-refractivity contribution in [3.05, 3.63) is 46.8 Å². The topological polar surface area (TPSA) is 77.2 Å². The molecule has 0 saturated carbocycles. The van der Waals surface area contributed by atoms with Gasteiger partial charge >= 0.3 is 6.18 Å². The predicted octanol–water partition coefficient (Wildman–Crippen LogP) is 3.63. The molecule has 0 fully saturated rings. The Balaban J connectivity index is 2.68. The molecule has 0 spiro atoms. The largest absolute Gasteiger partial charge is 0.417 e. The molecule has 0 atom stereocenters. The summed E-state index contributed by atoms with van der Waals surface area (Å²) in [5.41, 5.74) is -2.72. The number of alkyl halides is 3. The lowest BCUT2D eigenvalue weighted by Gasteiger charge is -2.17. The van der Waals surface area contributed by atoms with Crippen molar-refractivity contribution in [1.29, 1.82) is 0 Å². The summed E-state index contributed by atoms with van der Waals surface area (Å²) >= 11 is 0. The number of carbonyl (C=O) groups excluding carboxylic acids is 1. The van der Waals surface area contributed by atoms with E-state index in [1.165, 1.54) is 0 Å². The molecule has 0 radical (unpaired) electrons. The first-order valence-corrected chi connectivity index (χ1v) is 9.03. The first kappa shape index (κ1) is 19.2. The summed E-state index contributed by atoms with van der Waals surface area (Å²) < 4.78 is 68.2.